The van der Waals surface area contributed by atoms with Crippen molar-refractivity contribution in [2.24, 2.45) is 9.98 Å². The van der Waals surface area contributed by atoms with Crippen molar-refractivity contribution < 1.29 is 0 Å². The second kappa shape index (κ2) is 7.55. The molecule has 0 saturated carbocycles. The fourth-order valence-corrected chi connectivity index (χ4v) is 3.55. The number of aromatic nitrogens is 4. The van der Waals surface area contributed by atoms with Gasteiger partial charge in [0.25, 0.3) is 0 Å². The summed E-state index contributed by atoms with van der Waals surface area (Å²) in [6.07, 6.45) is 7.66. The van der Waals surface area contributed by atoms with Crippen LogP contribution in [0.3, 0.4) is 0 Å². The minimum Gasteiger partial charge on any atom is -0.354 e. The smallest absolute Gasteiger partial charge is 0.123 e. The van der Waals surface area contributed by atoms with E-state index in [-0.39, 0.29) is 0 Å². The molecule has 30 heavy (non-hydrogen) atoms. The van der Waals surface area contributed by atoms with Gasteiger partial charge in [0, 0.05) is 11.0 Å². The number of fused-ring (bicyclic) bond motifs is 8. The lowest BCUT2D eigenvalue weighted by molar-refractivity contribution is 1.29. The molecule has 6 nitrogen and oxygen atoms in total. The minimum atomic E-state index is 0.588. The third kappa shape index (κ3) is 3.37. The summed E-state index contributed by atoms with van der Waals surface area (Å²) in [6.45, 7) is 0. The summed E-state index contributed by atoms with van der Waals surface area (Å²) in [5, 5.41) is 4.89. The Morgan fingerprint density at radius 2 is 1.17 bits per heavy atom. The molecule has 3 aromatic heterocycles. The molecule has 2 aliphatic rings. The largest absolute Gasteiger partial charge is 0.354 e. The van der Waals surface area contributed by atoms with E-state index >= 15 is 0 Å². The Balaban J connectivity index is 1.96. The van der Waals surface area contributed by atoms with Gasteiger partial charge in [-0.1, -0.05) is 0 Å². The molecule has 0 aromatic carbocycles. The maximum absolute atomic E-state index is 4.86. The maximum atomic E-state index is 4.86. The highest BCUT2D eigenvalue weighted by molar-refractivity contribution is 7.78. The van der Waals surface area contributed by atoms with E-state index in [0.29, 0.717) is 22.8 Å². The zero-order valence-electron chi connectivity index (χ0n) is 15.4. The molecular weight excluding hydrogens is 412 g/mol. The van der Waals surface area contributed by atoms with Gasteiger partial charge in [-0.2, -0.15) is 9.98 Å². The van der Waals surface area contributed by atoms with Crippen LogP contribution in [-0.4, -0.2) is 30.3 Å². The molecule has 5 rings (SSSR count). The minimum absolute atomic E-state index is 0.588. The number of H-pyrrole nitrogens is 2. The molecule has 0 atom stereocenters. The van der Waals surface area contributed by atoms with Crippen LogP contribution in [-0.2, 0) is 0 Å². The highest BCUT2D eigenvalue weighted by Crippen LogP contribution is 2.31. The van der Waals surface area contributed by atoms with Crippen LogP contribution in [0.2, 0.25) is 0 Å². The van der Waals surface area contributed by atoms with E-state index in [1.54, 1.807) is 0 Å². The number of aromatic amines is 2. The predicted octanol–water partition coefficient (Wildman–Crippen LogP) is 6.12. The van der Waals surface area contributed by atoms with E-state index < -0.39 is 0 Å². The van der Waals surface area contributed by atoms with Gasteiger partial charge in [0.1, 0.15) is 11.4 Å². The molecule has 0 fully saturated rings. The van der Waals surface area contributed by atoms with Crippen molar-refractivity contribution in [3.8, 4) is 0 Å². The third-order valence-electron chi connectivity index (χ3n) is 4.66. The Kier molecular flexibility index (Phi) is 4.59. The molecule has 0 radical (unpaired) electrons. The summed E-state index contributed by atoms with van der Waals surface area (Å²) in [4.78, 5) is 24.5. The number of rotatable bonds is 2. The van der Waals surface area contributed by atoms with Crippen LogP contribution in [0.15, 0.2) is 46.4 Å². The van der Waals surface area contributed by atoms with Gasteiger partial charge in [0.2, 0.25) is 0 Å². The molecule has 3 aromatic rings. The quantitative estimate of drug-likeness (QED) is 0.264. The molecule has 8 heteroatoms. The molecule has 0 amide bonds. The summed E-state index contributed by atoms with van der Waals surface area (Å²) in [5.74, 6) is 0. The molecule has 0 spiro atoms. The van der Waals surface area contributed by atoms with Crippen LogP contribution in [0.5, 0.6) is 0 Å². The predicted molar refractivity (Wildman–Crippen MR) is 128 cm³/mol. The van der Waals surface area contributed by atoms with Gasteiger partial charge in [-0.3, -0.25) is 0 Å². The number of hydrogen-bond donors (Lipinski definition) is 2. The summed E-state index contributed by atoms with van der Waals surface area (Å²) in [7, 11) is 0. The molecule has 8 bridgehead atoms. The molecule has 0 aliphatic carbocycles. The number of isothiocyanates is 2. The van der Waals surface area contributed by atoms with E-state index in [9.17, 15) is 0 Å². The molecule has 0 saturated heterocycles. The number of thiocarbonyl (C=S) groups is 2. The lowest BCUT2D eigenvalue weighted by Gasteiger charge is -1.94. The zero-order chi connectivity index (χ0) is 20.5. The van der Waals surface area contributed by atoms with Gasteiger partial charge in [-0.15, -0.1) is 0 Å². The molecule has 2 aliphatic heterocycles. The van der Waals surface area contributed by atoms with Crippen molar-refractivity contribution in [1.29, 1.82) is 0 Å². The van der Waals surface area contributed by atoms with Crippen LogP contribution in [0.25, 0.3) is 46.4 Å². The Morgan fingerprint density at radius 3 is 1.63 bits per heavy atom. The molecule has 2 N–H and O–H groups in total. The standard InChI is InChI=1S/C22H12N6S2/c29-11-23-21-17-5-3-15(26-17)9-13-1-2-14(25-13)10-16-4-6-18(27-16)22(24-12-30)20-8-7-19(21)28-20/h1-10,26-27H. The van der Waals surface area contributed by atoms with Crippen LogP contribution < -0.4 is 0 Å². The number of aliphatic imine (C=N–C) groups is 2. The maximum Gasteiger partial charge on any atom is 0.123 e. The van der Waals surface area contributed by atoms with E-state index in [1.807, 2.05) is 60.7 Å². The Labute approximate surface area is 181 Å². The van der Waals surface area contributed by atoms with Crippen molar-refractivity contribution in [2.75, 3.05) is 0 Å². The monoisotopic (exact) mass is 424 g/mol. The van der Waals surface area contributed by atoms with Crippen LogP contribution in [0.1, 0.15) is 22.8 Å². The highest BCUT2D eigenvalue weighted by Gasteiger charge is 2.11. The first-order chi connectivity index (χ1) is 14.7. The summed E-state index contributed by atoms with van der Waals surface area (Å²) in [6, 6.07) is 11.7. The van der Waals surface area contributed by atoms with Crippen molar-refractivity contribution in [3.05, 3.63) is 59.2 Å². The molecule has 0 unspecified atom stereocenters. The zero-order valence-corrected chi connectivity index (χ0v) is 17.0. The summed E-state index contributed by atoms with van der Waals surface area (Å²) >= 11 is 9.72. The first kappa shape index (κ1) is 18.2. The molecular formula is C22H12N6S2. The molecule has 5 heterocycles. The van der Waals surface area contributed by atoms with Crippen molar-refractivity contribution in [2.45, 2.75) is 0 Å². The van der Waals surface area contributed by atoms with E-state index in [4.69, 9.17) is 29.4 Å². The topological polar surface area (TPSA) is 82.1 Å². The van der Waals surface area contributed by atoms with Gasteiger partial charge < -0.3 is 9.97 Å². The van der Waals surface area contributed by atoms with Crippen molar-refractivity contribution >= 4 is 92.5 Å². The van der Waals surface area contributed by atoms with Crippen molar-refractivity contribution in [3.63, 3.8) is 0 Å². The fraction of sp³-hybridized carbons (Fsp3) is 0. The average Bonchev–Trinajstić information content (AvgIpc) is 3.53. The van der Waals surface area contributed by atoms with Gasteiger partial charge in [0.05, 0.1) is 44.1 Å². The van der Waals surface area contributed by atoms with Gasteiger partial charge in [-0.25, -0.2) is 9.97 Å². The Hall–Kier alpha value is -3.80. The van der Waals surface area contributed by atoms with E-state index in [0.717, 1.165) is 33.5 Å². The fourth-order valence-electron chi connectivity index (χ4n) is 3.37. The second-order valence-corrected chi connectivity index (χ2v) is 6.92. The van der Waals surface area contributed by atoms with Crippen LogP contribution in [0.4, 0.5) is 11.4 Å². The van der Waals surface area contributed by atoms with Crippen LogP contribution >= 0.6 is 24.4 Å². The van der Waals surface area contributed by atoms with Gasteiger partial charge in [0.15, 0.2) is 0 Å². The van der Waals surface area contributed by atoms with Gasteiger partial charge in [-0.05, 0) is 85.1 Å². The lowest BCUT2D eigenvalue weighted by atomic mass is 10.3. The number of nitrogens with one attached hydrogen (secondary N) is 2. The van der Waals surface area contributed by atoms with Crippen molar-refractivity contribution in [1.82, 2.24) is 19.9 Å². The lowest BCUT2D eigenvalue weighted by Crippen LogP contribution is -1.79. The van der Waals surface area contributed by atoms with E-state index in [2.05, 4.69) is 35.3 Å². The highest BCUT2D eigenvalue weighted by atomic mass is 32.1. The average molecular weight is 425 g/mol. The Bertz CT molecular complexity index is 1400. The van der Waals surface area contributed by atoms with Crippen LogP contribution in [0, 0.1) is 0 Å². The van der Waals surface area contributed by atoms with E-state index in [1.165, 1.54) is 0 Å². The first-order valence-corrected chi connectivity index (χ1v) is 9.81. The molecule has 142 valence electrons. The number of nitrogens with zero attached hydrogens (tertiary/aromatic N) is 4. The summed E-state index contributed by atoms with van der Waals surface area (Å²) in [5.41, 5.74) is 7.50. The third-order valence-corrected chi connectivity index (χ3v) is 4.84. The first-order valence-electron chi connectivity index (χ1n) is 8.99. The second-order valence-electron chi connectivity index (χ2n) is 6.56. The summed E-state index contributed by atoms with van der Waals surface area (Å²) < 4.78 is 0. The normalized spacial score (nSPS) is 11.7. The van der Waals surface area contributed by atoms with Gasteiger partial charge >= 0.3 is 0 Å². The Morgan fingerprint density at radius 1 is 0.667 bits per heavy atom. The SMILES string of the molecule is S=C=Nc1c2nc(c(N=C=S)c3ccc(cc4nc(cc5ccc1[nH]5)C=C4)[nH]3)C=C2. The number of hydrogen-bond acceptors (Lipinski definition) is 6.